The van der Waals surface area contributed by atoms with Crippen LogP contribution >= 0.6 is 15.9 Å². The number of fused-ring (bicyclic) bond motifs is 1. The summed E-state index contributed by atoms with van der Waals surface area (Å²) in [6.07, 6.45) is 0.574. The molecule has 1 heterocycles. The lowest BCUT2D eigenvalue weighted by atomic mass is 9.75. The fourth-order valence-electron chi connectivity index (χ4n) is 4.25. The van der Waals surface area contributed by atoms with Crippen molar-refractivity contribution >= 4 is 39.1 Å². The SMILES string of the molecule is COC(=O)[C@H]1C(=O)C2=C(C[C@H]1C)Nc1ccccc1N[C@H]2c1ccc(OC)c(Br)c1. The van der Waals surface area contributed by atoms with Crippen molar-refractivity contribution < 1.29 is 19.1 Å². The first-order valence-electron chi connectivity index (χ1n) is 9.75. The number of ether oxygens (including phenoxy) is 2. The van der Waals surface area contributed by atoms with Crippen molar-refractivity contribution in [3.05, 3.63) is 63.8 Å². The third kappa shape index (κ3) is 3.47. The van der Waals surface area contributed by atoms with E-state index in [0.717, 1.165) is 27.1 Å². The third-order valence-corrected chi connectivity index (χ3v) is 6.35. The summed E-state index contributed by atoms with van der Waals surface area (Å²) in [5.41, 5.74) is 4.08. The van der Waals surface area contributed by atoms with E-state index in [4.69, 9.17) is 9.47 Å². The third-order valence-electron chi connectivity index (χ3n) is 5.73. The van der Waals surface area contributed by atoms with Crippen molar-refractivity contribution in [2.75, 3.05) is 24.9 Å². The summed E-state index contributed by atoms with van der Waals surface area (Å²) in [6.45, 7) is 1.91. The van der Waals surface area contributed by atoms with Crippen molar-refractivity contribution in [1.82, 2.24) is 0 Å². The largest absolute Gasteiger partial charge is 0.496 e. The molecule has 4 rings (SSSR count). The minimum Gasteiger partial charge on any atom is -0.496 e. The molecule has 2 aliphatic rings. The maximum absolute atomic E-state index is 13.6. The summed E-state index contributed by atoms with van der Waals surface area (Å²) < 4.78 is 11.1. The first-order chi connectivity index (χ1) is 14.4. The van der Waals surface area contributed by atoms with Gasteiger partial charge >= 0.3 is 5.97 Å². The topological polar surface area (TPSA) is 76.7 Å². The van der Waals surface area contributed by atoms with Crippen LogP contribution in [-0.2, 0) is 14.3 Å². The molecular weight excluding hydrogens is 448 g/mol. The Morgan fingerprint density at radius 1 is 1.13 bits per heavy atom. The molecule has 0 saturated heterocycles. The molecule has 0 spiro atoms. The van der Waals surface area contributed by atoms with E-state index in [2.05, 4.69) is 26.6 Å². The van der Waals surface area contributed by atoms with Crippen LogP contribution in [0.2, 0.25) is 0 Å². The summed E-state index contributed by atoms with van der Waals surface area (Å²) >= 11 is 3.54. The second-order valence-corrected chi connectivity index (χ2v) is 8.43. The molecule has 1 aliphatic heterocycles. The smallest absolute Gasteiger partial charge is 0.316 e. The molecule has 0 unspecified atom stereocenters. The molecule has 0 radical (unpaired) electrons. The number of Topliss-reactive ketones (excluding diaryl/α,β-unsaturated/α-hetero) is 1. The Labute approximate surface area is 183 Å². The lowest BCUT2D eigenvalue weighted by Crippen LogP contribution is -2.39. The van der Waals surface area contributed by atoms with Gasteiger partial charge in [-0.2, -0.15) is 0 Å². The number of halogens is 1. The number of rotatable bonds is 3. The molecule has 0 fully saturated rings. The number of carbonyl (C=O) groups is 2. The molecule has 2 aromatic carbocycles. The lowest BCUT2D eigenvalue weighted by Gasteiger charge is -2.32. The van der Waals surface area contributed by atoms with Crippen LogP contribution in [0.15, 0.2) is 58.2 Å². The number of para-hydroxylation sites is 2. The molecule has 2 N–H and O–H groups in total. The highest BCUT2D eigenvalue weighted by molar-refractivity contribution is 9.10. The number of hydrogen-bond acceptors (Lipinski definition) is 6. The lowest BCUT2D eigenvalue weighted by molar-refractivity contribution is -0.151. The van der Waals surface area contributed by atoms with Gasteiger partial charge in [-0.15, -0.1) is 0 Å². The van der Waals surface area contributed by atoms with Gasteiger partial charge in [0.15, 0.2) is 5.78 Å². The molecule has 0 amide bonds. The van der Waals surface area contributed by atoms with Gasteiger partial charge in [0.05, 0.1) is 36.1 Å². The van der Waals surface area contributed by atoms with E-state index in [0.29, 0.717) is 17.7 Å². The van der Waals surface area contributed by atoms with Gasteiger partial charge in [0.25, 0.3) is 0 Å². The number of carbonyl (C=O) groups excluding carboxylic acids is 2. The fraction of sp³-hybridized carbons (Fsp3) is 0.304. The number of hydrogen-bond donors (Lipinski definition) is 2. The van der Waals surface area contributed by atoms with Gasteiger partial charge in [-0.1, -0.05) is 25.1 Å². The zero-order valence-corrected chi connectivity index (χ0v) is 18.6. The minimum absolute atomic E-state index is 0.162. The van der Waals surface area contributed by atoms with Gasteiger partial charge in [0.2, 0.25) is 0 Å². The average molecular weight is 471 g/mol. The Morgan fingerprint density at radius 2 is 1.87 bits per heavy atom. The summed E-state index contributed by atoms with van der Waals surface area (Å²) in [7, 11) is 2.93. The van der Waals surface area contributed by atoms with Gasteiger partial charge < -0.3 is 20.1 Å². The Morgan fingerprint density at radius 3 is 2.53 bits per heavy atom. The Balaban J connectivity index is 1.87. The number of methoxy groups -OCH3 is 2. The zero-order valence-electron chi connectivity index (χ0n) is 17.0. The molecule has 156 valence electrons. The van der Waals surface area contributed by atoms with Gasteiger partial charge in [-0.3, -0.25) is 9.59 Å². The number of benzene rings is 2. The predicted molar refractivity (Wildman–Crippen MR) is 118 cm³/mol. The molecule has 2 aromatic rings. The molecule has 0 saturated carbocycles. The van der Waals surface area contributed by atoms with Gasteiger partial charge in [-0.25, -0.2) is 0 Å². The molecule has 7 heteroatoms. The quantitative estimate of drug-likeness (QED) is 0.500. The van der Waals surface area contributed by atoms with Crippen LogP contribution < -0.4 is 15.4 Å². The van der Waals surface area contributed by atoms with E-state index >= 15 is 0 Å². The number of esters is 1. The molecule has 3 atom stereocenters. The van der Waals surface area contributed by atoms with Crippen LogP contribution in [-0.4, -0.2) is 26.0 Å². The summed E-state index contributed by atoms with van der Waals surface area (Å²) in [6, 6.07) is 13.1. The summed E-state index contributed by atoms with van der Waals surface area (Å²) in [4.78, 5) is 26.0. The summed E-state index contributed by atoms with van der Waals surface area (Å²) in [5.74, 6) is -0.973. The standard InChI is InChI=1S/C23H23BrN2O4/c1-12-10-17-20(22(27)19(12)23(28)30-3)21(13-8-9-18(29-2)14(24)11-13)26-16-7-5-4-6-15(16)25-17/h4-9,11-12,19,21,25-26H,10H2,1-3H3/t12-,19-,21+/m1/s1. The second-order valence-electron chi connectivity index (χ2n) is 7.58. The predicted octanol–water partition coefficient (Wildman–Crippen LogP) is 4.69. The summed E-state index contributed by atoms with van der Waals surface area (Å²) in [5, 5.41) is 6.95. The first-order valence-corrected chi connectivity index (χ1v) is 10.5. The normalized spacial score (nSPS) is 22.8. The Bertz CT molecular complexity index is 1050. The molecular formula is C23H23BrN2O4. The monoisotopic (exact) mass is 470 g/mol. The van der Waals surface area contributed by atoms with E-state index < -0.39 is 17.9 Å². The second kappa shape index (κ2) is 8.14. The van der Waals surface area contributed by atoms with Gasteiger partial charge in [0.1, 0.15) is 11.7 Å². The number of anilines is 2. The molecule has 30 heavy (non-hydrogen) atoms. The first kappa shape index (κ1) is 20.5. The van der Waals surface area contributed by atoms with E-state index in [1.807, 2.05) is 49.4 Å². The Kier molecular flexibility index (Phi) is 5.56. The maximum Gasteiger partial charge on any atom is 0.316 e. The average Bonchev–Trinajstić information content (AvgIpc) is 2.90. The highest BCUT2D eigenvalue weighted by atomic mass is 79.9. The van der Waals surface area contributed by atoms with Crippen LogP contribution in [0.3, 0.4) is 0 Å². The van der Waals surface area contributed by atoms with E-state index in [-0.39, 0.29) is 11.7 Å². The van der Waals surface area contributed by atoms with E-state index in [1.54, 1.807) is 7.11 Å². The van der Waals surface area contributed by atoms with Crippen molar-refractivity contribution in [1.29, 1.82) is 0 Å². The van der Waals surface area contributed by atoms with Crippen LogP contribution in [0.5, 0.6) is 5.75 Å². The minimum atomic E-state index is -0.817. The molecule has 0 bridgehead atoms. The Hall–Kier alpha value is -2.80. The number of nitrogens with one attached hydrogen (secondary N) is 2. The van der Waals surface area contributed by atoms with Crippen LogP contribution in [0, 0.1) is 11.8 Å². The molecule has 1 aliphatic carbocycles. The van der Waals surface area contributed by atoms with Crippen molar-refractivity contribution in [3.63, 3.8) is 0 Å². The van der Waals surface area contributed by atoms with E-state index in [9.17, 15) is 9.59 Å². The maximum atomic E-state index is 13.6. The van der Waals surface area contributed by atoms with Crippen molar-refractivity contribution in [2.24, 2.45) is 11.8 Å². The molecule has 0 aromatic heterocycles. The number of ketones is 1. The van der Waals surface area contributed by atoms with Crippen LogP contribution in [0.4, 0.5) is 11.4 Å². The molecule has 6 nitrogen and oxygen atoms in total. The van der Waals surface area contributed by atoms with Crippen molar-refractivity contribution in [2.45, 2.75) is 19.4 Å². The highest BCUT2D eigenvalue weighted by Crippen LogP contribution is 2.44. The highest BCUT2D eigenvalue weighted by Gasteiger charge is 2.44. The number of allylic oxidation sites excluding steroid dienone is 1. The van der Waals surface area contributed by atoms with Gasteiger partial charge in [-0.05, 0) is 58.1 Å². The van der Waals surface area contributed by atoms with E-state index in [1.165, 1.54) is 7.11 Å². The zero-order chi connectivity index (χ0) is 21.4. The van der Waals surface area contributed by atoms with Gasteiger partial charge in [0, 0.05) is 11.3 Å². The van der Waals surface area contributed by atoms with Crippen LogP contribution in [0.1, 0.15) is 24.9 Å². The van der Waals surface area contributed by atoms with Crippen LogP contribution in [0.25, 0.3) is 0 Å². The fourth-order valence-corrected chi connectivity index (χ4v) is 4.80. The van der Waals surface area contributed by atoms with Crippen molar-refractivity contribution in [3.8, 4) is 5.75 Å².